The molecular weight excluding hydrogens is 263 g/mol. The van der Waals surface area contributed by atoms with E-state index in [1.807, 2.05) is 10.2 Å². The van der Waals surface area contributed by atoms with Crippen molar-refractivity contribution in [3.63, 3.8) is 0 Å². The first-order valence-corrected chi connectivity index (χ1v) is 6.13. The van der Waals surface area contributed by atoms with Crippen LogP contribution in [0.4, 0.5) is 18.0 Å². The Kier molecular flexibility index (Phi) is 5.59. The van der Waals surface area contributed by atoms with Crippen LogP contribution >= 0.6 is 0 Å². The van der Waals surface area contributed by atoms with Crippen molar-refractivity contribution in [3.8, 4) is 0 Å². The minimum atomic E-state index is -4.48. The van der Waals surface area contributed by atoms with Crippen molar-refractivity contribution in [2.75, 3.05) is 26.2 Å². The Balaban J connectivity index is 2.21. The fourth-order valence-electron chi connectivity index (χ4n) is 1.81. The summed E-state index contributed by atoms with van der Waals surface area (Å²) < 4.78 is 35.5. The lowest BCUT2D eigenvalue weighted by Crippen LogP contribution is -2.47. The normalized spacial score (nSPS) is 18.1. The molecule has 1 rings (SSSR count). The van der Waals surface area contributed by atoms with E-state index in [2.05, 4.69) is 6.92 Å². The largest absolute Gasteiger partial charge is 0.405 e. The second kappa shape index (κ2) is 6.74. The van der Waals surface area contributed by atoms with E-state index in [1.54, 1.807) is 5.32 Å². The number of nitrogens with one attached hydrogen (secondary N) is 2. The summed E-state index contributed by atoms with van der Waals surface area (Å²) in [5, 5.41) is 3.46. The standard InChI is InChI=1S/C11H18F3N3O2/c1-8-2-4-17(5-3-8)6-9(18)16-10(19)15-7-11(12,13)14/h8H,2-7H2,1H3,(H2,15,16,18,19). The fourth-order valence-corrected chi connectivity index (χ4v) is 1.81. The third-order valence-electron chi connectivity index (χ3n) is 2.95. The van der Waals surface area contributed by atoms with E-state index in [4.69, 9.17) is 0 Å². The number of rotatable bonds is 3. The first kappa shape index (κ1) is 15.7. The highest BCUT2D eigenvalue weighted by atomic mass is 19.4. The molecule has 0 unspecified atom stereocenters. The maximum atomic E-state index is 11.8. The predicted octanol–water partition coefficient (Wildman–Crippen LogP) is 1.11. The number of likely N-dealkylation sites (tertiary alicyclic amines) is 1. The zero-order valence-electron chi connectivity index (χ0n) is 10.7. The van der Waals surface area contributed by atoms with Gasteiger partial charge in [0.1, 0.15) is 6.54 Å². The van der Waals surface area contributed by atoms with Gasteiger partial charge in [-0.15, -0.1) is 0 Å². The summed E-state index contributed by atoms with van der Waals surface area (Å²) >= 11 is 0. The lowest BCUT2D eigenvalue weighted by atomic mass is 9.99. The lowest BCUT2D eigenvalue weighted by Gasteiger charge is -2.29. The molecule has 1 aliphatic heterocycles. The minimum absolute atomic E-state index is 0.0339. The molecule has 3 amide bonds. The van der Waals surface area contributed by atoms with Crippen LogP contribution in [-0.2, 0) is 4.79 Å². The molecular formula is C11H18F3N3O2. The van der Waals surface area contributed by atoms with Crippen molar-refractivity contribution in [1.29, 1.82) is 0 Å². The molecule has 0 spiro atoms. The molecule has 5 nitrogen and oxygen atoms in total. The quantitative estimate of drug-likeness (QED) is 0.814. The third-order valence-corrected chi connectivity index (χ3v) is 2.95. The predicted molar refractivity (Wildman–Crippen MR) is 62.4 cm³/mol. The first-order chi connectivity index (χ1) is 8.76. The number of amides is 3. The molecule has 0 saturated carbocycles. The molecule has 0 aromatic carbocycles. The number of hydrogen-bond acceptors (Lipinski definition) is 3. The second-order valence-electron chi connectivity index (χ2n) is 4.80. The smallest absolute Gasteiger partial charge is 0.329 e. The van der Waals surface area contributed by atoms with Gasteiger partial charge in [0.15, 0.2) is 0 Å². The summed E-state index contributed by atoms with van der Waals surface area (Å²) in [7, 11) is 0. The number of carbonyl (C=O) groups is 2. The molecule has 19 heavy (non-hydrogen) atoms. The van der Waals surface area contributed by atoms with Crippen molar-refractivity contribution in [3.05, 3.63) is 0 Å². The Morgan fingerprint density at radius 1 is 1.26 bits per heavy atom. The van der Waals surface area contributed by atoms with Crippen LogP contribution in [0.15, 0.2) is 0 Å². The molecule has 0 aliphatic carbocycles. The van der Waals surface area contributed by atoms with E-state index in [1.165, 1.54) is 0 Å². The molecule has 0 atom stereocenters. The van der Waals surface area contributed by atoms with Gasteiger partial charge >= 0.3 is 12.2 Å². The van der Waals surface area contributed by atoms with Crippen LogP contribution in [0, 0.1) is 5.92 Å². The monoisotopic (exact) mass is 281 g/mol. The Morgan fingerprint density at radius 3 is 2.37 bits per heavy atom. The Hall–Kier alpha value is -1.31. The number of alkyl halides is 3. The first-order valence-electron chi connectivity index (χ1n) is 6.13. The van der Waals surface area contributed by atoms with Gasteiger partial charge in [0.05, 0.1) is 6.54 Å². The molecule has 1 saturated heterocycles. The van der Waals surface area contributed by atoms with E-state index >= 15 is 0 Å². The summed E-state index contributed by atoms with van der Waals surface area (Å²) in [6.45, 7) is 2.24. The van der Waals surface area contributed by atoms with Gasteiger partial charge in [-0.2, -0.15) is 13.2 Å². The maximum absolute atomic E-state index is 11.8. The Bertz CT molecular complexity index is 326. The van der Waals surface area contributed by atoms with Crippen molar-refractivity contribution < 1.29 is 22.8 Å². The molecule has 1 fully saturated rings. The zero-order chi connectivity index (χ0) is 14.5. The number of halogens is 3. The van der Waals surface area contributed by atoms with Gasteiger partial charge < -0.3 is 5.32 Å². The van der Waals surface area contributed by atoms with Gasteiger partial charge in [-0.3, -0.25) is 15.0 Å². The Morgan fingerprint density at radius 2 is 1.84 bits per heavy atom. The zero-order valence-corrected chi connectivity index (χ0v) is 10.7. The van der Waals surface area contributed by atoms with Crippen LogP contribution in [-0.4, -0.2) is 49.2 Å². The van der Waals surface area contributed by atoms with Crippen LogP contribution in [0.5, 0.6) is 0 Å². The van der Waals surface area contributed by atoms with Crippen LogP contribution in [0.25, 0.3) is 0 Å². The highest BCUT2D eigenvalue weighted by Gasteiger charge is 2.28. The second-order valence-corrected chi connectivity index (χ2v) is 4.80. The van der Waals surface area contributed by atoms with Gasteiger partial charge in [-0.1, -0.05) is 6.92 Å². The van der Waals surface area contributed by atoms with Gasteiger partial charge in [0.25, 0.3) is 0 Å². The number of hydrogen-bond donors (Lipinski definition) is 2. The van der Waals surface area contributed by atoms with Crippen LogP contribution in [0.3, 0.4) is 0 Å². The van der Waals surface area contributed by atoms with E-state index in [0.717, 1.165) is 25.9 Å². The molecule has 0 radical (unpaired) electrons. The molecule has 0 aromatic rings. The van der Waals surface area contributed by atoms with Crippen LogP contribution in [0.2, 0.25) is 0 Å². The molecule has 8 heteroatoms. The molecule has 1 aliphatic rings. The van der Waals surface area contributed by atoms with Crippen molar-refractivity contribution in [1.82, 2.24) is 15.5 Å². The van der Waals surface area contributed by atoms with Gasteiger partial charge in [-0.05, 0) is 31.8 Å². The third kappa shape index (κ3) is 7.00. The Labute approximate surface area is 109 Å². The summed E-state index contributed by atoms with van der Waals surface area (Å²) in [5.41, 5.74) is 0. The van der Waals surface area contributed by atoms with E-state index in [0.29, 0.717) is 5.92 Å². The molecule has 1 heterocycles. The van der Waals surface area contributed by atoms with Crippen molar-refractivity contribution >= 4 is 11.9 Å². The number of carbonyl (C=O) groups excluding carboxylic acids is 2. The summed E-state index contributed by atoms with van der Waals surface area (Å²) in [6, 6.07) is -1.12. The summed E-state index contributed by atoms with van der Waals surface area (Å²) in [5.74, 6) is 0.0311. The van der Waals surface area contributed by atoms with E-state index in [9.17, 15) is 22.8 Å². The van der Waals surface area contributed by atoms with Crippen LogP contribution < -0.4 is 10.6 Å². The van der Waals surface area contributed by atoms with Gasteiger partial charge in [0, 0.05) is 0 Å². The maximum Gasteiger partial charge on any atom is 0.405 e. The van der Waals surface area contributed by atoms with Crippen molar-refractivity contribution in [2.24, 2.45) is 5.92 Å². The topological polar surface area (TPSA) is 61.4 Å². The molecule has 0 bridgehead atoms. The number of piperidine rings is 1. The average Bonchev–Trinajstić information content (AvgIpc) is 2.29. The highest BCUT2D eigenvalue weighted by Crippen LogP contribution is 2.15. The van der Waals surface area contributed by atoms with E-state index < -0.39 is 24.7 Å². The number of imide groups is 1. The lowest BCUT2D eigenvalue weighted by molar-refractivity contribution is -0.125. The number of urea groups is 1. The highest BCUT2D eigenvalue weighted by molar-refractivity contribution is 5.95. The average molecular weight is 281 g/mol. The fraction of sp³-hybridized carbons (Fsp3) is 0.818. The van der Waals surface area contributed by atoms with Gasteiger partial charge in [-0.25, -0.2) is 4.79 Å². The SMILES string of the molecule is CC1CCN(CC(=O)NC(=O)NCC(F)(F)F)CC1. The summed E-state index contributed by atoms with van der Waals surface area (Å²) in [4.78, 5) is 24.3. The summed E-state index contributed by atoms with van der Waals surface area (Å²) in [6.07, 6.45) is -2.52. The van der Waals surface area contributed by atoms with E-state index in [-0.39, 0.29) is 6.54 Å². The molecule has 0 aromatic heterocycles. The molecule has 110 valence electrons. The van der Waals surface area contributed by atoms with Crippen molar-refractivity contribution in [2.45, 2.75) is 25.9 Å². The molecule has 2 N–H and O–H groups in total. The minimum Gasteiger partial charge on any atom is -0.329 e. The number of nitrogens with zero attached hydrogens (tertiary/aromatic N) is 1. The van der Waals surface area contributed by atoms with Crippen LogP contribution in [0.1, 0.15) is 19.8 Å². The van der Waals surface area contributed by atoms with Gasteiger partial charge in [0.2, 0.25) is 5.91 Å².